The number of amides is 1. The molecule has 0 spiro atoms. The Morgan fingerprint density at radius 3 is 2.63 bits per heavy atom. The van der Waals surface area contributed by atoms with E-state index in [0.717, 1.165) is 44.1 Å². The lowest BCUT2D eigenvalue weighted by atomic mass is 10.3. The van der Waals surface area contributed by atoms with E-state index in [4.69, 9.17) is 16.3 Å². The van der Waals surface area contributed by atoms with Crippen molar-refractivity contribution in [2.45, 2.75) is 17.7 Å². The number of sulfonamides is 1. The van der Waals surface area contributed by atoms with Crippen molar-refractivity contribution in [2.24, 2.45) is 0 Å². The number of rotatable bonds is 6. The number of halogens is 2. The third-order valence-corrected chi connectivity index (χ3v) is 5.78. The van der Waals surface area contributed by atoms with Crippen LogP contribution in [0, 0.1) is 5.82 Å². The van der Waals surface area contributed by atoms with E-state index >= 15 is 0 Å². The molecule has 1 heterocycles. The molecule has 0 atom stereocenters. The summed E-state index contributed by atoms with van der Waals surface area (Å²) in [5.74, 6) is -0.437. The molecule has 1 saturated heterocycles. The third kappa shape index (κ3) is 4.90. The van der Waals surface area contributed by atoms with Crippen LogP contribution in [-0.2, 0) is 14.8 Å². The van der Waals surface area contributed by atoms with Crippen molar-refractivity contribution in [1.29, 1.82) is 0 Å². The molecule has 6 nitrogen and oxygen atoms in total. The topological polar surface area (TPSA) is 75.7 Å². The average molecular weight is 413 g/mol. The van der Waals surface area contributed by atoms with E-state index in [2.05, 4.69) is 4.72 Å². The predicted octanol–water partition coefficient (Wildman–Crippen LogP) is 3.28. The van der Waals surface area contributed by atoms with E-state index in [0.29, 0.717) is 5.75 Å². The molecule has 0 aliphatic carbocycles. The Balaban J connectivity index is 1.67. The van der Waals surface area contributed by atoms with Crippen molar-refractivity contribution in [3.63, 3.8) is 0 Å². The first-order valence-electron chi connectivity index (χ1n) is 8.34. The number of nitrogens with one attached hydrogen (secondary N) is 1. The van der Waals surface area contributed by atoms with Crippen LogP contribution in [0.15, 0.2) is 47.4 Å². The normalized spacial score (nSPS) is 14.2. The number of anilines is 1. The van der Waals surface area contributed by atoms with Crippen molar-refractivity contribution in [3.05, 3.63) is 53.3 Å². The predicted molar refractivity (Wildman–Crippen MR) is 100.0 cm³/mol. The lowest BCUT2D eigenvalue weighted by Gasteiger charge is -2.16. The summed E-state index contributed by atoms with van der Waals surface area (Å²) in [5, 5.41) is -0.282. The van der Waals surface area contributed by atoms with Gasteiger partial charge in [-0.05, 0) is 43.2 Å². The van der Waals surface area contributed by atoms with Gasteiger partial charge in [0.2, 0.25) is 0 Å². The first kappa shape index (κ1) is 19.4. The van der Waals surface area contributed by atoms with Crippen LogP contribution < -0.4 is 9.46 Å². The molecule has 2 aromatic carbocycles. The number of benzene rings is 2. The highest BCUT2D eigenvalue weighted by Gasteiger charge is 2.19. The molecule has 1 fully saturated rings. The molecule has 9 heteroatoms. The van der Waals surface area contributed by atoms with Crippen LogP contribution >= 0.6 is 11.6 Å². The van der Waals surface area contributed by atoms with Crippen LogP contribution in [0.25, 0.3) is 0 Å². The molecule has 0 saturated carbocycles. The third-order valence-electron chi connectivity index (χ3n) is 4.11. The van der Waals surface area contributed by atoms with Crippen molar-refractivity contribution in [1.82, 2.24) is 4.90 Å². The van der Waals surface area contributed by atoms with Gasteiger partial charge in [-0.25, -0.2) is 12.8 Å². The van der Waals surface area contributed by atoms with Crippen LogP contribution in [-0.4, -0.2) is 38.9 Å². The van der Waals surface area contributed by atoms with Gasteiger partial charge in [0.25, 0.3) is 15.9 Å². The van der Waals surface area contributed by atoms with Gasteiger partial charge in [-0.3, -0.25) is 9.52 Å². The first-order valence-corrected chi connectivity index (χ1v) is 10.2. The van der Waals surface area contributed by atoms with E-state index in [1.807, 2.05) is 0 Å². The summed E-state index contributed by atoms with van der Waals surface area (Å²) in [7, 11) is -3.95. The Morgan fingerprint density at radius 1 is 1.19 bits per heavy atom. The van der Waals surface area contributed by atoms with Crippen molar-refractivity contribution < 1.29 is 22.3 Å². The second-order valence-electron chi connectivity index (χ2n) is 6.09. The van der Waals surface area contributed by atoms with E-state index < -0.39 is 15.8 Å². The first-order chi connectivity index (χ1) is 12.8. The van der Waals surface area contributed by atoms with E-state index in [1.54, 1.807) is 17.0 Å². The Bertz CT molecular complexity index is 946. The van der Waals surface area contributed by atoms with Gasteiger partial charge in [0.05, 0.1) is 15.6 Å². The highest BCUT2D eigenvalue weighted by Crippen LogP contribution is 2.24. The molecule has 1 aliphatic heterocycles. The second-order valence-corrected chi connectivity index (χ2v) is 8.18. The zero-order valence-corrected chi connectivity index (χ0v) is 15.9. The van der Waals surface area contributed by atoms with Gasteiger partial charge in [-0.15, -0.1) is 0 Å². The summed E-state index contributed by atoms with van der Waals surface area (Å²) in [6.07, 6.45) is 1.99. The Morgan fingerprint density at radius 2 is 1.93 bits per heavy atom. The molecule has 27 heavy (non-hydrogen) atoms. The van der Waals surface area contributed by atoms with Gasteiger partial charge in [-0.1, -0.05) is 17.7 Å². The largest absolute Gasteiger partial charge is 0.484 e. The number of ether oxygens (including phenoxy) is 1. The number of hydrogen-bond acceptors (Lipinski definition) is 4. The van der Waals surface area contributed by atoms with Gasteiger partial charge in [0, 0.05) is 19.2 Å². The van der Waals surface area contributed by atoms with Crippen LogP contribution in [0.2, 0.25) is 5.02 Å². The Labute approximate surface area is 161 Å². The molecule has 0 unspecified atom stereocenters. The number of nitrogens with zero attached hydrogens (tertiary/aromatic N) is 1. The van der Waals surface area contributed by atoms with Crippen LogP contribution in [0.5, 0.6) is 5.75 Å². The summed E-state index contributed by atoms with van der Waals surface area (Å²) in [5.41, 5.74) is 0.251. The van der Waals surface area contributed by atoms with Gasteiger partial charge >= 0.3 is 0 Å². The van der Waals surface area contributed by atoms with Crippen LogP contribution in [0.1, 0.15) is 12.8 Å². The molecule has 0 bridgehead atoms. The van der Waals surface area contributed by atoms with Gasteiger partial charge in [0.1, 0.15) is 11.6 Å². The minimum absolute atomic E-state index is 0.0977. The molecule has 144 valence electrons. The summed E-state index contributed by atoms with van der Waals surface area (Å²) in [6.45, 7) is 1.37. The molecule has 0 radical (unpaired) electrons. The molecule has 2 aromatic rings. The fourth-order valence-corrected chi connectivity index (χ4v) is 4.03. The summed E-state index contributed by atoms with van der Waals surface area (Å²) in [4.78, 5) is 13.6. The van der Waals surface area contributed by atoms with Gasteiger partial charge < -0.3 is 9.64 Å². The van der Waals surface area contributed by atoms with E-state index in [-0.39, 0.29) is 28.1 Å². The Hall–Kier alpha value is -2.32. The monoisotopic (exact) mass is 412 g/mol. The minimum atomic E-state index is -3.95. The zero-order chi connectivity index (χ0) is 19.4. The lowest BCUT2D eigenvalue weighted by Crippen LogP contribution is -2.32. The van der Waals surface area contributed by atoms with Crippen molar-refractivity contribution in [2.75, 3.05) is 24.4 Å². The molecule has 1 aliphatic rings. The summed E-state index contributed by atoms with van der Waals surface area (Å²) < 4.78 is 45.9. The maximum atomic E-state index is 13.2. The molecular formula is C18H18ClFN2O4S. The van der Waals surface area contributed by atoms with E-state index in [9.17, 15) is 17.6 Å². The van der Waals surface area contributed by atoms with Crippen LogP contribution in [0.3, 0.4) is 0 Å². The smallest absolute Gasteiger partial charge is 0.261 e. The minimum Gasteiger partial charge on any atom is -0.484 e. The molecule has 3 rings (SSSR count). The zero-order valence-electron chi connectivity index (χ0n) is 14.3. The number of carbonyl (C=O) groups is 1. The molecule has 1 N–H and O–H groups in total. The van der Waals surface area contributed by atoms with Gasteiger partial charge in [-0.2, -0.15) is 0 Å². The van der Waals surface area contributed by atoms with Crippen molar-refractivity contribution >= 4 is 33.2 Å². The van der Waals surface area contributed by atoms with Crippen molar-refractivity contribution in [3.8, 4) is 5.75 Å². The maximum Gasteiger partial charge on any atom is 0.261 e. The maximum absolute atomic E-state index is 13.2. The van der Waals surface area contributed by atoms with E-state index in [1.165, 1.54) is 12.1 Å². The quantitative estimate of drug-likeness (QED) is 0.790. The van der Waals surface area contributed by atoms with Crippen LogP contribution in [0.4, 0.5) is 10.1 Å². The number of likely N-dealkylation sites (tertiary alicyclic amines) is 1. The fraction of sp³-hybridized carbons (Fsp3) is 0.278. The number of hydrogen-bond donors (Lipinski definition) is 1. The summed E-state index contributed by atoms with van der Waals surface area (Å²) in [6, 6.07) is 9.39. The number of carbonyl (C=O) groups excluding carboxylic acids is 1. The molecule has 1 amide bonds. The fourth-order valence-electron chi connectivity index (χ4n) is 2.71. The lowest BCUT2D eigenvalue weighted by molar-refractivity contribution is -0.132. The highest BCUT2D eigenvalue weighted by atomic mass is 35.5. The SMILES string of the molecule is O=C(COc1cccc(NS(=O)(=O)c2ccc(F)c(Cl)c2)c1)N1CCCC1. The average Bonchev–Trinajstić information content (AvgIpc) is 3.16. The Kier molecular flexibility index (Phi) is 5.86. The highest BCUT2D eigenvalue weighted by molar-refractivity contribution is 7.92. The standard InChI is InChI=1S/C18H18ClFN2O4S/c19-16-11-15(6-7-17(16)20)27(24,25)21-13-4-3-5-14(10-13)26-12-18(23)22-8-1-2-9-22/h3-7,10-11,21H,1-2,8-9,12H2. The van der Waals surface area contributed by atoms with Gasteiger partial charge in [0.15, 0.2) is 6.61 Å². The summed E-state index contributed by atoms with van der Waals surface area (Å²) >= 11 is 5.65. The molecule has 0 aromatic heterocycles. The second kappa shape index (κ2) is 8.14. The molecular weight excluding hydrogens is 395 g/mol.